The molecular weight excluding hydrogens is 384 g/mol. The third kappa shape index (κ3) is 6.43. The minimum Gasteiger partial charge on any atom is -0.484 e. The fraction of sp³-hybridized carbons (Fsp3) is 0.296. The molecule has 0 spiro atoms. The Bertz CT molecular complexity index is 934. The van der Waals surface area contributed by atoms with Crippen molar-refractivity contribution in [1.82, 2.24) is 10.2 Å². The fourth-order valence-electron chi connectivity index (χ4n) is 4.02. The van der Waals surface area contributed by atoms with Gasteiger partial charge in [0.2, 0.25) is 0 Å². The topological polar surface area (TPSA) is 41.6 Å². The highest BCUT2D eigenvalue weighted by atomic mass is 16.5. The Morgan fingerprint density at radius 2 is 1.45 bits per heavy atom. The highest BCUT2D eigenvalue weighted by Gasteiger charge is 2.19. The van der Waals surface area contributed by atoms with E-state index in [1.807, 2.05) is 42.5 Å². The lowest BCUT2D eigenvalue weighted by atomic mass is 9.96. The number of rotatable bonds is 8. The summed E-state index contributed by atoms with van der Waals surface area (Å²) in [6.45, 7) is 3.96. The Hall–Kier alpha value is -3.11. The van der Waals surface area contributed by atoms with E-state index >= 15 is 0 Å². The number of amides is 1. The fourth-order valence-corrected chi connectivity index (χ4v) is 4.02. The van der Waals surface area contributed by atoms with E-state index in [4.69, 9.17) is 4.74 Å². The summed E-state index contributed by atoms with van der Waals surface area (Å²) in [7, 11) is 0. The second-order valence-corrected chi connectivity index (χ2v) is 8.19. The number of nitrogens with one attached hydrogen (secondary N) is 1. The van der Waals surface area contributed by atoms with Crippen LogP contribution in [0.5, 0.6) is 5.75 Å². The van der Waals surface area contributed by atoms with Gasteiger partial charge in [0.25, 0.3) is 5.91 Å². The lowest BCUT2D eigenvalue weighted by Gasteiger charge is -2.32. The van der Waals surface area contributed by atoms with E-state index in [2.05, 4.69) is 52.7 Å². The van der Waals surface area contributed by atoms with Crippen LogP contribution in [0.25, 0.3) is 11.1 Å². The van der Waals surface area contributed by atoms with Gasteiger partial charge in [-0.3, -0.25) is 9.69 Å². The molecule has 160 valence electrons. The van der Waals surface area contributed by atoms with Crippen LogP contribution in [0.2, 0.25) is 0 Å². The van der Waals surface area contributed by atoms with Crippen molar-refractivity contribution in [2.45, 2.75) is 19.4 Å². The van der Waals surface area contributed by atoms with Gasteiger partial charge in [-0.15, -0.1) is 0 Å². The van der Waals surface area contributed by atoms with E-state index in [0.717, 1.165) is 44.6 Å². The molecule has 1 aliphatic rings. The summed E-state index contributed by atoms with van der Waals surface area (Å²) in [6.07, 6.45) is 2.24. The van der Waals surface area contributed by atoms with Gasteiger partial charge in [-0.25, -0.2) is 0 Å². The average molecular weight is 415 g/mol. The quantitative estimate of drug-likeness (QED) is 0.578. The molecule has 1 N–H and O–H groups in total. The van der Waals surface area contributed by atoms with Crippen molar-refractivity contribution in [3.63, 3.8) is 0 Å². The molecule has 3 aromatic rings. The SMILES string of the molecule is O=C(COc1ccc(-c2ccccc2)cc1)NCC1CCN(Cc2ccccc2)CC1. The number of nitrogens with zero attached hydrogens (tertiary/aromatic N) is 1. The lowest BCUT2D eigenvalue weighted by Crippen LogP contribution is -2.39. The summed E-state index contributed by atoms with van der Waals surface area (Å²) in [6, 6.07) is 28.7. The third-order valence-electron chi connectivity index (χ3n) is 5.88. The van der Waals surface area contributed by atoms with E-state index in [0.29, 0.717) is 11.7 Å². The molecule has 4 nitrogen and oxygen atoms in total. The lowest BCUT2D eigenvalue weighted by molar-refractivity contribution is -0.123. The van der Waals surface area contributed by atoms with Crippen LogP contribution in [-0.2, 0) is 11.3 Å². The van der Waals surface area contributed by atoms with E-state index < -0.39 is 0 Å². The third-order valence-corrected chi connectivity index (χ3v) is 5.88. The second kappa shape index (κ2) is 10.8. The number of carbonyl (C=O) groups excluding carboxylic acids is 1. The predicted molar refractivity (Wildman–Crippen MR) is 125 cm³/mol. The average Bonchev–Trinajstić information content (AvgIpc) is 2.84. The molecular formula is C27H30N2O2. The van der Waals surface area contributed by atoms with Crippen molar-refractivity contribution >= 4 is 5.91 Å². The molecule has 3 aromatic carbocycles. The molecule has 1 amide bonds. The van der Waals surface area contributed by atoms with Crippen molar-refractivity contribution in [3.8, 4) is 16.9 Å². The van der Waals surface area contributed by atoms with E-state index in [1.165, 1.54) is 11.1 Å². The second-order valence-electron chi connectivity index (χ2n) is 8.19. The molecule has 4 rings (SSSR count). The predicted octanol–water partition coefficient (Wildman–Crippen LogP) is 4.76. The van der Waals surface area contributed by atoms with Crippen molar-refractivity contribution in [2.75, 3.05) is 26.2 Å². The summed E-state index contributed by atoms with van der Waals surface area (Å²) >= 11 is 0. The number of carbonyl (C=O) groups is 1. The van der Waals surface area contributed by atoms with Crippen LogP contribution in [0.15, 0.2) is 84.9 Å². The largest absolute Gasteiger partial charge is 0.484 e. The summed E-state index contributed by atoms with van der Waals surface area (Å²) < 4.78 is 5.66. The molecule has 1 fully saturated rings. The van der Waals surface area contributed by atoms with E-state index in [1.54, 1.807) is 0 Å². The number of hydrogen-bond donors (Lipinski definition) is 1. The normalized spacial score (nSPS) is 14.8. The molecule has 0 aromatic heterocycles. The Morgan fingerprint density at radius 1 is 0.839 bits per heavy atom. The van der Waals surface area contributed by atoms with Gasteiger partial charge in [-0.05, 0) is 60.7 Å². The number of benzene rings is 3. The van der Waals surface area contributed by atoms with Gasteiger partial charge >= 0.3 is 0 Å². The zero-order valence-corrected chi connectivity index (χ0v) is 17.9. The van der Waals surface area contributed by atoms with Crippen molar-refractivity contribution in [3.05, 3.63) is 90.5 Å². The molecule has 31 heavy (non-hydrogen) atoms. The van der Waals surface area contributed by atoms with Crippen molar-refractivity contribution in [1.29, 1.82) is 0 Å². The van der Waals surface area contributed by atoms with Gasteiger partial charge in [-0.1, -0.05) is 72.8 Å². The molecule has 0 aliphatic carbocycles. The number of hydrogen-bond acceptors (Lipinski definition) is 3. The minimum atomic E-state index is -0.0566. The molecule has 1 heterocycles. The molecule has 0 unspecified atom stereocenters. The standard InChI is InChI=1S/C27H30N2O2/c30-27(21-31-26-13-11-25(12-14-26)24-9-5-2-6-10-24)28-19-22-15-17-29(18-16-22)20-23-7-3-1-4-8-23/h1-14,22H,15-21H2,(H,28,30). The van der Waals surface area contributed by atoms with Gasteiger partial charge in [-0.2, -0.15) is 0 Å². The number of piperidine rings is 1. The molecule has 0 bridgehead atoms. The van der Waals surface area contributed by atoms with Crippen molar-refractivity contribution in [2.24, 2.45) is 5.92 Å². The molecule has 1 saturated heterocycles. The van der Waals surface area contributed by atoms with E-state index in [9.17, 15) is 4.79 Å². The first-order valence-corrected chi connectivity index (χ1v) is 11.1. The van der Waals surface area contributed by atoms with Crippen molar-refractivity contribution < 1.29 is 9.53 Å². The zero-order chi connectivity index (χ0) is 21.3. The molecule has 0 saturated carbocycles. The molecule has 0 radical (unpaired) electrons. The van der Waals surface area contributed by atoms with Crippen LogP contribution >= 0.6 is 0 Å². The van der Waals surface area contributed by atoms with Crippen LogP contribution < -0.4 is 10.1 Å². The first-order valence-electron chi connectivity index (χ1n) is 11.1. The summed E-state index contributed by atoms with van der Waals surface area (Å²) in [5.74, 6) is 1.20. The van der Waals surface area contributed by atoms with Crippen LogP contribution in [0.3, 0.4) is 0 Å². The van der Waals surface area contributed by atoms with Crippen LogP contribution in [0.4, 0.5) is 0 Å². The first-order chi connectivity index (χ1) is 15.3. The Labute approximate surface area is 184 Å². The van der Waals surface area contributed by atoms with Gasteiger partial charge in [0, 0.05) is 13.1 Å². The molecule has 1 aliphatic heterocycles. The highest BCUT2D eigenvalue weighted by molar-refractivity contribution is 5.77. The van der Waals surface area contributed by atoms with E-state index in [-0.39, 0.29) is 12.5 Å². The number of ether oxygens (including phenoxy) is 1. The Balaban J connectivity index is 1.14. The first kappa shape index (κ1) is 21.1. The van der Waals surface area contributed by atoms with Crippen LogP contribution in [0, 0.1) is 5.92 Å². The molecule has 4 heteroatoms. The minimum absolute atomic E-state index is 0.0531. The van der Waals surface area contributed by atoms with Gasteiger partial charge in [0.05, 0.1) is 0 Å². The van der Waals surface area contributed by atoms with Gasteiger partial charge in [0.1, 0.15) is 5.75 Å². The Kier molecular flexibility index (Phi) is 7.35. The van der Waals surface area contributed by atoms with Gasteiger partial charge in [0.15, 0.2) is 6.61 Å². The monoisotopic (exact) mass is 414 g/mol. The maximum atomic E-state index is 12.2. The van der Waals surface area contributed by atoms with Crippen LogP contribution in [-0.4, -0.2) is 37.0 Å². The molecule has 0 atom stereocenters. The van der Waals surface area contributed by atoms with Crippen LogP contribution in [0.1, 0.15) is 18.4 Å². The maximum absolute atomic E-state index is 12.2. The maximum Gasteiger partial charge on any atom is 0.257 e. The summed E-state index contributed by atoms with van der Waals surface area (Å²) in [5, 5.41) is 3.04. The Morgan fingerprint density at radius 3 is 2.13 bits per heavy atom. The summed E-state index contributed by atoms with van der Waals surface area (Å²) in [4.78, 5) is 14.7. The summed E-state index contributed by atoms with van der Waals surface area (Å²) in [5.41, 5.74) is 3.67. The number of likely N-dealkylation sites (tertiary alicyclic amines) is 1. The highest BCUT2D eigenvalue weighted by Crippen LogP contribution is 2.22. The smallest absolute Gasteiger partial charge is 0.257 e. The zero-order valence-electron chi connectivity index (χ0n) is 17.9. The van der Waals surface area contributed by atoms with Gasteiger partial charge < -0.3 is 10.1 Å².